The van der Waals surface area contributed by atoms with Crippen molar-refractivity contribution in [3.63, 3.8) is 0 Å². The van der Waals surface area contributed by atoms with Crippen molar-refractivity contribution in [2.45, 2.75) is 52.2 Å². The summed E-state index contributed by atoms with van der Waals surface area (Å²) in [6.07, 6.45) is -0.102. The fourth-order valence-electron chi connectivity index (χ4n) is 3.18. The quantitative estimate of drug-likeness (QED) is 0.292. The van der Waals surface area contributed by atoms with E-state index >= 15 is 0 Å². The van der Waals surface area contributed by atoms with E-state index in [-0.39, 0.29) is 38.2 Å². The minimum atomic E-state index is -1.19. The number of pyridine rings is 1. The number of carbonyl (C=O) groups is 3. The number of esters is 1. The topological polar surface area (TPSA) is 156 Å². The number of carbonyl (C=O) groups excluding carboxylic acids is 3. The number of hydrogen-bond donors (Lipinski definition) is 0. The molecule has 0 saturated carbocycles. The summed E-state index contributed by atoms with van der Waals surface area (Å²) in [6, 6.07) is 3.29. The first-order valence-electron chi connectivity index (χ1n) is 10.0. The van der Waals surface area contributed by atoms with Gasteiger partial charge in [0.05, 0.1) is 11.5 Å². The van der Waals surface area contributed by atoms with Crippen molar-refractivity contribution in [1.82, 2.24) is 9.88 Å². The van der Waals surface area contributed by atoms with Crippen LogP contribution >= 0.6 is 0 Å². The summed E-state index contributed by atoms with van der Waals surface area (Å²) >= 11 is 0. The molecule has 0 aliphatic carbocycles. The van der Waals surface area contributed by atoms with Crippen LogP contribution in [0.1, 0.15) is 46.2 Å². The summed E-state index contributed by atoms with van der Waals surface area (Å²) in [6.45, 7) is 7.06. The van der Waals surface area contributed by atoms with Gasteiger partial charge >= 0.3 is 23.7 Å². The minimum Gasteiger partial charge on any atom is -0.459 e. The van der Waals surface area contributed by atoms with Crippen molar-refractivity contribution >= 4 is 29.5 Å². The summed E-state index contributed by atoms with van der Waals surface area (Å²) in [7, 11) is 0. The number of likely N-dealkylation sites (tertiary alicyclic amines) is 1. The molecule has 32 heavy (non-hydrogen) atoms. The van der Waals surface area contributed by atoms with E-state index in [0.717, 1.165) is 17.0 Å². The molecule has 172 valence electrons. The molecule has 12 heteroatoms. The Morgan fingerprint density at radius 1 is 1.31 bits per heavy atom. The first-order chi connectivity index (χ1) is 15.0. The zero-order chi connectivity index (χ0) is 24.1. The van der Waals surface area contributed by atoms with E-state index in [1.54, 1.807) is 26.8 Å². The highest BCUT2D eigenvalue weighted by atomic mass is 16.6. The van der Waals surface area contributed by atoms with Gasteiger partial charge in [0.2, 0.25) is 5.82 Å². The molecule has 1 aromatic heterocycles. The Kier molecular flexibility index (Phi) is 7.69. The smallest absolute Gasteiger partial charge is 0.410 e. The summed E-state index contributed by atoms with van der Waals surface area (Å²) < 4.78 is 10.1. The van der Waals surface area contributed by atoms with Crippen LogP contribution < -0.4 is 4.90 Å². The second kappa shape index (κ2) is 10.0. The number of rotatable bonds is 4. The normalized spacial score (nSPS) is 14.3. The molecule has 1 fully saturated rings. The summed E-state index contributed by atoms with van der Waals surface area (Å²) in [4.78, 5) is 54.6. The Morgan fingerprint density at radius 3 is 2.44 bits per heavy atom. The molecule has 1 saturated heterocycles. The largest absolute Gasteiger partial charge is 0.459 e. The molecule has 0 radical (unpaired) electrons. The average molecular weight is 447 g/mol. The molecule has 0 bridgehead atoms. The van der Waals surface area contributed by atoms with Crippen LogP contribution in [0, 0.1) is 21.4 Å². The number of ether oxygens (including phenoxy) is 2. The van der Waals surface area contributed by atoms with E-state index < -0.39 is 46.0 Å². The monoisotopic (exact) mass is 447 g/mol. The van der Waals surface area contributed by atoms with E-state index in [2.05, 4.69) is 4.98 Å². The van der Waals surface area contributed by atoms with Gasteiger partial charge < -0.3 is 14.4 Å². The van der Waals surface area contributed by atoms with E-state index in [0.29, 0.717) is 0 Å². The summed E-state index contributed by atoms with van der Waals surface area (Å²) in [5.74, 6) is -2.74. The molecule has 0 spiro atoms. The number of hydrogen-bond acceptors (Lipinski definition) is 9. The first-order valence-corrected chi connectivity index (χ1v) is 10.0. The Bertz CT molecular complexity index is 943. The molecule has 0 N–H and O–H groups in total. The SMILES string of the molecule is CCOC(=O)C(=O)N(c1nc(C#N)ccc1[N+](=O)[O-])C1CCN(C(=O)OC(C)(C)C)CC1. The zero-order valence-corrected chi connectivity index (χ0v) is 18.4. The van der Waals surface area contributed by atoms with Crippen molar-refractivity contribution in [3.05, 3.63) is 27.9 Å². The Balaban J connectivity index is 2.38. The fraction of sp³-hybridized carbons (Fsp3) is 0.550. The van der Waals surface area contributed by atoms with Crippen molar-refractivity contribution in [2.24, 2.45) is 0 Å². The van der Waals surface area contributed by atoms with Crippen molar-refractivity contribution < 1.29 is 28.8 Å². The van der Waals surface area contributed by atoms with Crippen LogP contribution in [0.3, 0.4) is 0 Å². The van der Waals surface area contributed by atoms with Crippen LogP contribution in [0.2, 0.25) is 0 Å². The van der Waals surface area contributed by atoms with Gasteiger partial charge in [-0.1, -0.05) is 0 Å². The molecular formula is C20H25N5O7. The van der Waals surface area contributed by atoms with Crippen LogP contribution in [0.15, 0.2) is 12.1 Å². The van der Waals surface area contributed by atoms with E-state index in [4.69, 9.17) is 14.7 Å². The lowest BCUT2D eigenvalue weighted by atomic mass is 10.0. The third kappa shape index (κ3) is 5.90. The van der Waals surface area contributed by atoms with Gasteiger partial charge in [0.1, 0.15) is 17.4 Å². The highest BCUT2D eigenvalue weighted by Gasteiger charge is 2.39. The first kappa shape index (κ1) is 24.5. The predicted molar refractivity (Wildman–Crippen MR) is 111 cm³/mol. The van der Waals surface area contributed by atoms with Gasteiger partial charge in [-0.15, -0.1) is 0 Å². The number of piperidine rings is 1. The minimum absolute atomic E-state index is 0.0662. The molecule has 2 heterocycles. The van der Waals surface area contributed by atoms with E-state index in [1.165, 1.54) is 11.8 Å². The number of aromatic nitrogens is 1. The number of anilines is 1. The zero-order valence-electron chi connectivity index (χ0n) is 18.4. The number of nitrogens with zero attached hydrogens (tertiary/aromatic N) is 5. The van der Waals surface area contributed by atoms with Crippen LogP contribution in [-0.4, -0.2) is 64.1 Å². The Labute approximate surface area is 184 Å². The number of amides is 2. The molecule has 0 aromatic carbocycles. The number of nitro groups is 1. The number of nitriles is 1. The highest BCUT2D eigenvalue weighted by Crippen LogP contribution is 2.31. The van der Waals surface area contributed by atoms with Crippen LogP contribution in [0.4, 0.5) is 16.3 Å². The molecule has 1 aliphatic rings. The third-order valence-electron chi connectivity index (χ3n) is 4.54. The fourth-order valence-corrected chi connectivity index (χ4v) is 3.18. The lowest BCUT2D eigenvalue weighted by Crippen LogP contribution is -2.52. The molecule has 1 aromatic rings. The van der Waals surface area contributed by atoms with Gasteiger partial charge in [-0.25, -0.2) is 14.6 Å². The standard InChI is InChI=1S/C20H25N5O7/c1-5-31-18(27)17(26)24(16-15(25(29)30)7-6-13(12-21)22-16)14-8-10-23(11-9-14)19(28)32-20(2,3)4/h6-7,14H,5,8-11H2,1-4H3. The highest BCUT2D eigenvalue weighted by molar-refractivity contribution is 6.38. The van der Waals surface area contributed by atoms with Crippen LogP contribution in [-0.2, 0) is 19.1 Å². The van der Waals surface area contributed by atoms with Gasteiger partial charge in [0.15, 0.2) is 0 Å². The summed E-state index contributed by atoms with van der Waals surface area (Å²) in [5.41, 5.74) is -1.36. The second-order valence-electron chi connectivity index (χ2n) is 8.00. The Morgan fingerprint density at radius 2 is 1.94 bits per heavy atom. The second-order valence-corrected chi connectivity index (χ2v) is 8.00. The lowest BCUT2D eigenvalue weighted by molar-refractivity contribution is -0.384. The van der Waals surface area contributed by atoms with Gasteiger partial charge in [-0.2, -0.15) is 5.26 Å². The maximum atomic E-state index is 12.9. The van der Waals surface area contributed by atoms with Gasteiger partial charge in [0.25, 0.3) is 0 Å². The molecular weight excluding hydrogens is 422 g/mol. The van der Waals surface area contributed by atoms with E-state index in [1.807, 2.05) is 0 Å². The molecule has 12 nitrogen and oxygen atoms in total. The van der Waals surface area contributed by atoms with Crippen molar-refractivity contribution in [1.29, 1.82) is 5.26 Å². The predicted octanol–water partition coefficient (Wildman–Crippen LogP) is 2.16. The van der Waals surface area contributed by atoms with Crippen molar-refractivity contribution in [3.8, 4) is 6.07 Å². The van der Waals surface area contributed by atoms with Gasteiger partial charge in [-0.05, 0) is 46.6 Å². The third-order valence-corrected chi connectivity index (χ3v) is 4.54. The molecule has 0 atom stereocenters. The van der Waals surface area contributed by atoms with Crippen molar-refractivity contribution in [2.75, 3.05) is 24.6 Å². The molecule has 1 aliphatic heterocycles. The van der Waals surface area contributed by atoms with E-state index in [9.17, 15) is 24.5 Å². The molecule has 2 amide bonds. The summed E-state index contributed by atoms with van der Waals surface area (Å²) in [5, 5.41) is 20.7. The van der Waals surface area contributed by atoms with Crippen LogP contribution in [0.5, 0.6) is 0 Å². The van der Waals surface area contributed by atoms with Gasteiger partial charge in [0, 0.05) is 25.2 Å². The molecule has 0 unspecified atom stereocenters. The van der Waals surface area contributed by atoms with Crippen LogP contribution in [0.25, 0.3) is 0 Å². The Hall–Kier alpha value is -3.75. The maximum Gasteiger partial charge on any atom is 0.410 e. The average Bonchev–Trinajstić information content (AvgIpc) is 2.73. The maximum absolute atomic E-state index is 12.9. The lowest BCUT2D eigenvalue weighted by Gasteiger charge is -2.37. The molecule has 2 rings (SSSR count). The van der Waals surface area contributed by atoms with Gasteiger partial charge in [-0.3, -0.25) is 19.8 Å².